The Labute approximate surface area is 115 Å². The van der Waals surface area contributed by atoms with E-state index in [0.29, 0.717) is 0 Å². The van der Waals surface area contributed by atoms with Gasteiger partial charge < -0.3 is 5.32 Å². The van der Waals surface area contributed by atoms with E-state index in [-0.39, 0.29) is 16.6 Å². The first-order valence-corrected chi connectivity index (χ1v) is 7.93. The predicted octanol–water partition coefficient (Wildman–Crippen LogP) is 2.71. The average molecular weight is 300 g/mol. The van der Waals surface area contributed by atoms with Crippen LogP contribution in [0.2, 0.25) is 0 Å². The van der Waals surface area contributed by atoms with Gasteiger partial charge in [-0.15, -0.1) is 11.3 Å². The normalized spacial score (nSPS) is 13.2. The third-order valence-electron chi connectivity index (χ3n) is 2.61. The molecule has 0 aliphatic heterocycles. The van der Waals surface area contributed by atoms with E-state index in [1.54, 1.807) is 11.3 Å². The summed E-state index contributed by atoms with van der Waals surface area (Å²) >= 11 is 1.56. The Hall–Kier alpha value is -1.44. The molecule has 2 rings (SSSR count). The maximum Gasteiger partial charge on any atom is 0.238 e. The third-order valence-corrected chi connectivity index (χ3v) is 4.58. The second kappa shape index (κ2) is 5.28. The fraction of sp³-hybridized carbons (Fsp3) is 0.167. The summed E-state index contributed by atoms with van der Waals surface area (Å²) in [5, 5.41) is 9.87. The highest BCUT2D eigenvalue weighted by Gasteiger charge is 2.13. The van der Waals surface area contributed by atoms with Crippen molar-refractivity contribution < 1.29 is 12.8 Å². The van der Waals surface area contributed by atoms with Crippen LogP contribution in [-0.4, -0.2) is 8.42 Å². The Morgan fingerprint density at radius 2 is 2.11 bits per heavy atom. The summed E-state index contributed by atoms with van der Waals surface area (Å²) in [7, 11) is -3.88. The van der Waals surface area contributed by atoms with Crippen LogP contribution in [0.5, 0.6) is 0 Å². The molecule has 1 aromatic heterocycles. The molecule has 0 saturated carbocycles. The van der Waals surface area contributed by atoms with Crippen molar-refractivity contribution in [3.8, 4) is 0 Å². The summed E-state index contributed by atoms with van der Waals surface area (Å²) in [5.74, 6) is -0.644. The van der Waals surface area contributed by atoms with Crippen LogP contribution in [0.15, 0.2) is 40.6 Å². The van der Waals surface area contributed by atoms with Gasteiger partial charge in [-0.05, 0) is 36.6 Å². The molecule has 1 aromatic carbocycles. The predicted molar refractivity (Wildman–Crippen MR) is 74.1 cm³/mol. The van der Waals surface area contributed by atoms with E-state index >= 15 is 0 Å². The summed E-state index contributed by atoms with van der Waals surface area (Å²) in [6, 6.07) is 7.37. The second-order valence-corrected chi connectivity index (χ2v) is 6.61. The number of hydrogen-bond acceptors (Lipinski definition) is 4. The molecule has 1 unspecified atom stereocenters. The fourth-order valence-electron chi connectivity index (χ4n) is 1.63. The number of halogens is 1. The molecule has 7 heteroatoms. The highest BCUT2D eigenvalue weighted by Crippen LogP contribution is 2.25. The van der Waals surface area contributed by atoms with Crippen LogP contribution in [0.3, 0.4) is 0 Å². The molecule has 1 heterocycles. The standard InChI is InChI=1S/C12H13FN2O2S2/c1-8(12-3-2-6-18-12)15-11-5-4-9(7-10(11)13)19(14,16)17/h2-8,15H,1H3,(H2,14,16,17). The van der Waals surface area contributed by atoms with E-state index in [4.69, 9.17) is 5.14 Å². The van der Waals surface area contributed by atoms with Gasteiger partial charge in [-0.1, -0.05) is 6.07 Å². The van der Waals surface area contributed by atoms with Crippen LogP contribution in [-0.2, 0) is 10.0 Å². The van der Waals surface area contributed by atoms with Crippen molar-refractivity contribution in [1.29, 1.82) is 0 Å². The number of sulfonamides is 1. The molecular formula is C12H13FN2O2S2. The van der Waals surface area contributed by atoms with Gasteiger partial charge in [0.2, 0.25) is 10.0 Å². The molecule has 4 nitrogen and oxygen atoms in total. The van der Waals surface area contributed by atoms with Crippen molar-refractivity contribution in [2.45, 2.75) is 17.9 Å². The van der Waals surface area contributed by atoms with Crippen LogP contribution in [0.4, 0.5) is 10.1 Å². The molecule has 0 fully saturated rings. The molecule has 0 spiro atoms. The van der Waals surface area contributed by atoms with Crippen LogP contribution >= 0.6 is 11.3 Å². The smallest absolute Gasteiger partial charge is 0.238 e. The summed E-state index contributed by atoms with van der Waals surface area (Å²) in [6.07, 6.45) is 0. The number of benzene rings is 1. The first-order chi connectivity index (χ1) is 8.88. The van der Waals surface area contributed by atoms with Gasteiger partial charge in [0.15, 0.2) is 0 Å². The Bertz CT molecular complexity index is 669. The monoisotopic (exact) mass is 300 g/mol. The summed E-state index contributed by atoms with van der Waals surface area (Å²) in [4.78, 5) is 0.828. The molecule has 0 amide bonds. The minimum absolute atomic E-state index is 0.0603. The van der Waals surface area contributed by atoms with Gasteiger partial charge in [-0.25, -0.2) is 17.9 Å². The van der Waals surface area contributed by atoms with Gasteiger partial charge in [0.05, 0.1) is 16.6 Å². The van der Waals surface area contributed by atoms with Crippen molar-refractivity contribution in [2.24, 2.45) is 5.14 Å². The van der Waals surface area contributed by atoms with E-state index in [9.17, 15) is 12.8 Å². The quantitative estimate of drug-likeness (QED) is 0.912. The lowest BCUT2D eigenvalue weighted by Crippen LogP contribution is -2.13. The fourth-order valence-corrected chi connectivity index (χ4v) is 2.89. The summed E-state index contributed by atoms with van der Waals surface area (Å²) in [6.45, 7) is 1.90. The zero-order chi connectivity index (χ0) is 14.0. The van der Waals surface area contributed by atoms with Crippen molar-refractivity contribution in [2.75, 3.05) is 5.32 Å². The lowest BCUT2D eigenvalue weighted by atomic mass is 10.2. The van der Waals surface area contributed by atoms with E-state index in [1.165, 1.54) is 12.1 Å². The topological polar surface area (TPSA) is 72.2 Å². The lowest BCUT2D eigenvalue weighted by molar-refractivity contribution is 0.592. The van der Waals surface area contributed by atoms with Crippen LogP contribution < -0.4 is 10.5 Å². The van der Waals surface area contributed by atoms with E-state index < -0.39 is 15.8 Å². The molecule has 0 bridgehead atoms. The zero-order valence-electron chi connectivity index (χ0n) is 10.1. The third kappa shape index (κ3) is 3.31. The highest BCUT2D eigenvalue weighted by atomic mass is 32.2. The van der Waals surface area contributed by atoms with Crippen molar-refractivity contribution in [3.05, 3.63) is 46.4 Å². The molecule has 2 aromatic rings. The second-order valence-electron chi connectivity index (χ2n) is 4.07. The van der Waals surface area contributed by atoms with Crippen molar-refractivity contribution >= 4 is 27.0 Å². The molecule has 0 saturated heterocycles. The van der Waals surface area contributed by atoms with E-state index in [0.717, 1.165) is 10.9 Å². The minimum atomic E-state index is -3.88. The molecular weight excluding hydrogens is 287 g/mol. The maximum atomic E-state index is 13.8. The zero-order valence-corrected chi connectivity index (χ0v) is 11.8. The van der Waals surface area contributed by atoms with Gasteiger partial charge in [-0.2, -0.15) is 0 Å². The molecule has 0 radical (unpaired) electrons. The number of nitrogens with two attached hydrogens (primary N) is 1. The number of thiophene rings is 1. The molecule has 0 aliphatic carbocycles. The molecule has 0 aliphatic rings. The Balaban J connectivity index is 2.23. The van der Waals surface area contributed by atoms with Crippen LogP contribution in [0.25, 0.3) is 0 Å². The van der Waals surface area contributed by atoms with Gasteiger partial charge in [-0.3, -0.25) is 0 Å². The number of nitrogens with one attached hydrogen (secondary N) is 1. The SMILES string of the molecule is CC(Nc1ccc(S(N)(=O)=O)cc1F)c1cccs1. The molecule has 19 heavy (non-hydrogen) atoms. The Morgan fingerprint density at radius 3 is 2.63 bits per heavy atom. The lowest BCUT2D eigenvalue weighted by Gasteiger charge is -2.14. The van der Waals surface area contributed by atoms with Crippen LogP contribution in [0, 0.1) is 5.82 Å². The number of hydrogen-bond donors (Lipinski definition) is 2. The highest BCUT2D eigenvalue weighted by molar-refractivity contribution is 7.89. The number of anilines is 1. The van der Waals surface area contributed by atoms with Crippen LogP contribution in [0.1, 0.15) is 17.8 Å². The Kier molecular flexibility index (Phi) is 3.88. The van der Waals surface area contributed by atoms with Gasteiger partial charge >= 0.3 is 0 Å². The molecule has 1 atom stereocenters. The van der Waals surface area contributed by atoms with E-state index in [2.05, 4.69) is 5.32 Å². The van der Waals surface area contributed by atoms with E-state index in [1.807, 2.05) is 24.4 Å². The Morgan fingerprint density at radius 1 is 1.37 bits per heavy atom. The summed E-state index contributed by atoms with van der Waals surface area (Å²) < 4.78 is 36.0. The number of primary sulfonamides is 1. The molecule has 3 N–H and O–H groups in total. The number of rotatable bonds is 4. The van der Waals surface area contributed by atoms with Gasteiger partial charge in [0.25, 0.3) is 0 Å². The average Bonchev–Trinajstić information content (AvgIpc) is 2.84. The molecule has 102 valence electrons. The maximum absolute atomic E-state index is 13.8. The minimum Gasteiger partial charge on any atom is -0.375 e. The first kappa shape index (κ1) is 14.0. The first-order valence-electron chi connectivity index (χ1n) is 5.50. The van der Waals surface area contributed by atoms with Crippen molar-refractivity contribution in [1.82, 2.24) is 0 Å². The summed E-state index contributed by atoms with van der Waals surface area (Å²) in [5.41, 5.74) is 0.244. The van der Waals surface area contributed by atoms with Crippen molar-refractivity contribution in [3.63, 3.8) is 0 Å². The largest absolute Gasteiger partial charge is 0.375 e. The van der Waals surface area contributed by atoms with Gasteiger partial charge in [0, 0.05) is 4.88 Å². The van der Waals surface area contributed by atoms with Gasteiger partial charge in [0.1, 0.15) is 5.82 Å².